The fraction of sp³-hybridized carbons (Fsp3) is 0.909. The molecule has 2 aliphatic rings. The van der Waals surface area contributed by atoms with Crippen LogP contribution in [0.25, 0.3) is 0 Å². The normalized spacial score (nSPS) is 34.1. The molecule has 1 saturated heterocycles. The first kappa shape index (κ1) is 9.97. The van der Waals surface area contributed by atoms with E-state index in [4.69, 9.17) is 0 Å². The summed E-state index contributed by atoms with van der Waals surface area (Å²) in [6.45, 7) is 6.06. The smallest absolute Gasteiger partial charge is 0.240 e. The minimum Gasteiger partial charge on any atom is -0.354 e. The summed E-state index contributed by atoms with van der Waals surface area (Å²) in [5.41, 5.74) is 0.107. The maximum absolute atomic E-state index is 11.9. The Labute approximate surface area is 85.6 Å². The maximum atomic E-state index is 11.9. The summed E-state index contributed by atoms with van der Waals surface area (Å²) in [5, 5.41) is 6.34. The van der Waals surface area contributed by atoms with E-state index in [9.17, 15) is 4.79 Å². The molecule has 3 nitrogen and oxygen atoms in total. The molecular formula is C11H20N2O. The Morgan fingerprint density at radius 1 is 1.36 bits per heavy atom. The topological polar surface area (TPSA) is 41.1 Å². The van der Waals surface area contributed by atoms with E-state index < -0.39 is 0 Å². The molecule has 1 atom stereocenters. The van der Waals surface area contributed by atoms with E-state index >= 15 is 0 Å². The van der Waals surface area contributed by atoms with E-state index in [1.54, 1.807) is 0 Å². The third-order valence-electron chi connectivity index (χ3n) is 3.65. The first-order valence-electron chi connectivity index (χ1n) is 5.58. The van der Waals surface area contributed by atoms with E-state index in [0.717, 1.165) is 25.9 Å². The van der Waals surface area contributed by atoms with E-state index in [0.29, 0.717) is 5.41 Å². The predicted octanol–water partition coefficient (Wildman–Crippen LogP) is 1.04. The second kappa shape index (κ2) is 3.23. The number of amides is 1. The summed E-state index contributed by atoms with van der Waals surface area (Å²) in [6, 6.07) is 0. The van der Waals surface area contributed by atoms with Crippen LogP contribution in [-0.4, -0.2) is 24.5 Å². The number of carbonyl (C=O) groups is 1. The number of carbonyl (C=O) groups excluding carboxylic acids is 1. The minimum absolute atomic E-state index is 0.183. The molecule has 0 bridgehead atoms. The highest BCUT2D eigenvalue weighted by atomic mass is 16.2. The molecule has 1 aliphatic carbocycles. The fourth-order valence-electron chi connectivity index (χ4n) is 1.97. The maximum Gasteiger partial charge on any atom is 0.240 e. The highest BCUT2D eigenvalue weighted by Gasteiger charge is 2.40. The predicted molar refractivity (Wildman–Crippen MR) is 56.0 cm³/mol. The first-order valence-corrected chi connectivity index (χ1v) is 5.58. The zero-order valence-electron chi connectivity index (χ0n) is 9.15. The average Bonchev–Trinajstić information content (AvgIpc) is 2.71. The van der Waals surface area contributed by atoms with Crippen LogP contribution in [0.1, 0.15) is 39.5 Å². The van der Waals surface area contributed by atoms with Crippen molar-refractivity contribution in [1.82, 2.24) is 10.6 Å². The highest BCUT2D eigenvalue weighted by Crippen LogP contribution is 2.44. The summed E-state index contributed by atoms with van der Waals surface area (Å²) in [7, 11) is 0. The molecule has 0 aromatic rings. The molecule has 3 heteroatoms. The zero-order chi connectivity index (χ0) is 10.2. The van der Waals surface area contributed by atoms with Gasteiger partial charge in [-0.15, -0.1) is 0 Å². The van der Waals surface area contributed by atoms with Crippen LogP contribution in [0.3, 0.4) is 0 Å². The lowest BCUT2D eigenvalue weighted by molar-refractivity contribution is -0.126. The van der Waals surface area contributed by atoms with Crippen LogP contribution in [0.15, 0.2) is 0 Å². The Kier molecular flexibility index (Phi) is 2.30. The van der Waals surface area contributed by atoms with E-state index in [2.05, 4.69) is 17.6 Å². The van der Waals surface area contributed by atoms with Gasteiger partial charge in [0, 0.05) is 6.54 Å². The van der Waals surface area contributed by atoms with Crippen LogP contribution < -0.4 is 10.6 Å². The molecule has 1 amide bonds. The molecule has 1 aliphatic heterocycles. The molecular weight excluding hydrogens is 176 g/mol. The number of nitrogens with one attached hydrogen (secondary N) is 2. The molecule has 2 N–H and O–H groups in total. The lowest BCUT2D eigenvalue weighted by atomic mass is 9.99. The van der Waals surface area contributed by atoms with E-state index in [1.165, 1.54) is 12.8 Å². The van der Waals surface area contributed by atoms with Crippen molar-refractivity contribution in [2.75, 3.05) is 13.1 Å². The third kappa shape index (κ3) is 1.92. The molecule has 14 heavy (non-hydrogen) atoms. The molecule has 2 fully saturated rings. The average molecular weight is 196 g/mol. The van der Waals surface area contributed by atoms with Crippen molar-refractivity contribution < 1.29 is 4.79 Å². The van der Waals surface area contributed by atoms with Crippen molar-refractivity contribution in [3.05, 3.63) is 0 Å². The first-order chi connectivity index (χ1) is 6.54. The molecule has 80 valence electrons. The Bertz CT molecular complexity index is 240. The Morgan fingerprint density at radius 3 is 2.57 bits per heavy atom. The molecule has 0 aromatic heterocycles. The number of hydrogen-bond donors (Lipinski definition) is 2. The van der Waals surface area contributed by atoms with Crippen molar-refractivity contribution in [3.8, 4) is 0 Å². The van der Waals surface area contributed by atoms with Crippen LogP contribution in [-0.2, 0) is 4.79 Å². The largest absolute Gasteiger partial charge is 0.354 e. The Balaban J connectivity index is 1.82. The highest BCUT2D eigenvalue weighted by molar-refractivity contribution is 5.86. The summed E-state index contributed by atoms with van der Waals surface area (Å²) < 4.78 is 0. The molecule has 2 rings (SSSR count). The third-order valence-corrected chi connectivity index (χ3v) is 3.65. The van der Waals surface area contributed by atoms with Gasteiger partial charge in [-0.25, -0.2) is 0 Å². The molecule has 1 unspecified atom stereocenters. The van der Waals surface area contributed by atoms with Crippen LogP contribution in [0.2, 0.25) is 0 Å². The molecule has 0 radical (unpaired) electrons. The van der Waals surface area contributed by atoms with Gasteiger partial charge in [0.05, 0.1) is 5.54 Å². The van der Waals surface area contributed by atoms with Gasteiger partial charge in [-0.3, -0.25) is 4.79 Å². The quantitative estimate of drug-likeness (QED) is 0.708. The summed E-state index contributed by atoms with van der Waals surface area (Å²) in [5.74, 6) is 0.183. The van der Waals surface area contributed by atoms with Gasteiger partial charge in [0.2, 0.25) is 5.91 Å². The van der Waals surface area contributed by atoms with Gasteiger partial charge in [0.25, 0.3) is 0 Å². The van der Waals surface area contributed by atoms with Crippen LogP contribution in [0, 0.1) is 5.41 Å². The van der Waals surface area contributed by atoms with Crippen molar-refractivity contribution in [2.24, 2.45) is 5.41 Å². The van der Waals surface area contributed by atoms with E-state index in [1.807, 2.05) is 6.92 Å². The van der Waals surface area contributed by atoms with Gasteiger partial charge >= 0.3 is 0 Å². The van der Waals surface area contributed by atoms with Gasteiger partial charge in [-0.1, -0.05) is 6.92 Å². The summed E-state index contributed by atoms with van der Waals surface area (Å²) in [4.78, 5) is 11.9. The van der Waals surface area contributed by atoms with Crippen molar-refractivity contribution >= 4 is 5.91 Å². The van der Waals surface area contributed by atoms with Gasteiger partial charge in [0.1, 0.15) is 0 Å². The lowest BCUT2D eigenvalue weighted by Gasteiger charge is -2.24. The Hall–Kier alpha value is -0.570. The van der Waals surface area contributed by atoms with E-state index in [-0.39, 0.29) is 11.4 Å². The van der Waals surface area contributed by atoms with Gasteiger partial charge < -0.3 is 10.6 Å². The molecule has 1 saturated carbocycles. The van der Waals surface area contributed by atoms with Crippen LogP contribution in [0.5, 0.6) is 0 Å². The van der Waals surface area contributed by atoms with Crippen molar-refractivity contribution in [1.29, 1.82) is 0 Å². The van der Waals surface area contributed by atoms with Crippen molar-refractivity contribution in [3.63, 3.8) is 0 Å². The van der Waals surface area contributed by atoms with Gasteiger partial charge in [-0.05, 0) is 44.6 Å². The number of rotatable bonds is 3. The van der Waals surface area contributed by atoms with Gasteiger partial charge in [0.15, 0.2) is 0 Å². The van der Waals surface area contributed by atoms with Crippen LogP contribution in [0.4, 0.5) is 0 Å². The Morgan fingerprint density at radius 2 is 2.07 bits per heavy atom. The van der Waals surface area contributed by atoms with Gasteiger partial charge in [-0.2, -0.15) is 0 Å². The monoisotopic (exact) mass is 196 g/mol. The standard InChI is InChI=1S/C11H20N2O/c1-10(5-6-10)8-12-9(14)11(2)4-3-7-13-11/h13H,3-8H2,1-2H3,(H,12,14). The second-order valence-electron chi connectivity index (χ2n) is 5.36. The zero-order valence-corrected chi connectivity index (χ0v) is 9.15. The molecule has 0 spiro atoms. The van der Waals surface area contributed by atoms with Crippen molar-refractivity contribution in [2.45, 2.75) is 45.1 Å². The lowest BCUT2D eigenvalue weighted by Crippen LogP contribution is -2.52. The molecule has 0 aromatic carbocycles. The number of hydrogen-bond acceptors (Lipinski definition) is 2. The van der Waals surface area contributed by atoms with Crippen LogP contribution >= 0.6 is 0 Å². The summed E-state index contributed by atoms with van der Waals surface area (Å²) in [6.07, 6.45) is 4.60. The SMILES string of the molecule is CC1(CNC(=O)C2(C)CCCN2)CC1. The minimum atomic E-state index is -0.300. The molecule has 1 heterocycles. The second-order valence-corrected chi connectivity index (χ2v) is 5.36. The summed E-state index contributed by atoms with van der Waals surface area (Å²) >= 11 is 0. The fourth-order valence-corrected chi connectivity index (χ4v) is 1.97.